The van der Waals surface area contributed by atoms with Crippen LogP contribution in [-0.2, 0) is 0 Å². The quantitative estimate of drug-likeness (QED) is 0.887. The highest BCUT2D eigenvalue weighted by molar-refractivity contribution is 9.10. The molecule has 0 spiro atoms. The maximum atomic E-state index is 11.6. The minimum absolute atomic E-state index is 0.0959. The summed E-state index contributed by atoms with van der Waals surface area (Å²) in [6, 6.07) is 6.11. The molecule has 0 atom stereocenters. The lowest BCUT2D eigenvalue weighted by Crippen LogP contribution is -2.11. The van der Waals surface area contributed by atoms with Crippen molar-refractivity contribution in [3.05, 3.63) is 40.9 Å². The minimum Gasteiger partial charge on any atom is -0.504 e. The number of nitrogens with one attached hydrogen (secondary N) is 1. The number of hydrogen-bond acceptors (Lipinski definition) is 4. The zero-order chi connectivity index (χ0) is 11.5. The standard InChI is InChI=1S/C10H7BrN2O3/c11-8-4-3-7(16-8)10(15)13-9-6(14)2-1-5-12-9/h1-5,14H,(H,12,13,15). The molecular formula is C10H7BrN2O3. The first-order valence-electron chi connectivity index (χ1n) is 4.37. The predicted octanol–water partition coefficient (Wildman–Crippen LogP) is 2.40. The second-order valence-corrected chi connectivity index (χ2v) is 3.71. The highest BCUT2D eigenvalue weighted by Crippen LogP contribution is 2.20. The summed E-state index contributed by atoms with van der Waals surface area (Å²) < 4.78 is 5.51. The Hall–Kier alpha value is -1.82. The molecule has 2 aromatic rings. The number of aromatic nitrogens is 1. The van der Waals surface area contributed by atoms with Crippen molar-refractivity contribution in [3.8, 4) is 5.75 Å². The van der Waals surface area contributed by atoms with Gasteiger partial charge in [0.15, 0.2) is 22.0 Å². The van der Waals surface area contributed by atoms with Crippen molar-refractivity contribution in [1.29, 1.82) is 0 Å². The van der Waals surface area contributed by atoms with Gasteiger partial charge in [-0.25, -0.2) is 4.98 Å². The van der Waals surface area contributed by atoms with Crippen molar-refractivity contribution < 1.29 is 14.3 Å². The largest absolute Gasteiger partial charge is 0.504 e. The molecule has 0 saturated heterocycles. The molecule has 2 N–H and O–H groups in total. The van der Waals surface area contributed by atoms with E-state index in [1.807, 2.05) is 0 Å². The van der Waals surface area contributed by atoms with Crippen LogP contribution in [0.5, 0.6) is 5.75 Å². The number of halogens is 1. The molecule has 0 aliphatic carbocycles. The summed E-state index contributed by atoms with van der Waals surface area (Å²) in [5, 5.41) is 11.8. The Morgan fingerprint density at radius 3 is 2.88 bits per heavy atom. The van der Waals surface area contributed by atoms with Crippen LogP contribution in [0.2, 0.25) is 0 Å². The van der Waals surface area contributed by atoms with E-state index in [1.165, 1.54) is 18.3 Å². The zero-order valence-corrected chi connectivity index (χ0v) is 9.56. The number of furan rings is 1. The van der Waals surface area contributed by atoms with Crippen LogP contribution in [0.4, 0.5) is 5.82 Å². The van der Waals surface area contributed by atoms with Gasteiger partial charge in [0.1, 0.15) is 0 Å². The molecule has 2 rings (SSSR count). The van der Waals surface area contributed by atoms with Crippen molar-refractivity contribution in [1.82, 2.24) is 4.98 Å². The molecule has 0 bridgehead atoms. The Labute approximate surface area is 99.2 Å². The van der Waals surface area contributed by atoms with Crippen LogP contribution in [0.15, 0.2) is 39.5 Å². The summed E-state index contributed by atoms with van der Waals surface area (Å²) in [5.41, 5.74) is 0. The maximum absolute atomic E-state index is 11.6. The van der Waals surface area contributed by atoms with Crippen LogP contribution in [0, 0.1) is 0 Å². The van der Waals surface area contributed by atoms with Gasteiger partial charge >= 0.3 is 0 Å². The van der Waals surface area contributed by atoms with E-state index in [2.05, 4.69) is 26.2 Å². The molecule has 0 unspecified atom stereocenters. The third-order valence-corrected chi connectivity index (χ3v) is 2.24. The molecule has 0 radical (unpaired) electrons. The highest BCUT2D eigenvalue weighted by atomic mass is 79.9. The molecule has 0 fully saturated rings. The molecule has 6 heteroatoms. The lowest BCUT2D eigenvalue weighted by atomic mass is 10.4. The predicted molar refractivity (Wildman–Crippen MR) is 60.3 cm³/mol. The first kappa shape index (κ1) is 10.7. The summed E-state index contributed by atoms with van der Waals surface area (Å²) >= 11 is 3.09. The molecule has 2 heterocycles. The van der Waals surface area contributed by atoms with Gasteiger partial charge in [0, 0.05) is 6.20 Å². The topological polar surface area (TPSA) is 75.4 Å². The van der Waals surface area contributed by atoms with E-state index in [4.69, 9.17) is 4.42 Å². The van der Waals surface area contributed by atoms with E-state index in [-0.39, 0.29) is 17.3 Å². The molecule has 5 nitrogen and oxygen atoms in total. The van der Waals surface area contributed by atoms with Crippen LogP contribution in [0.3, 0.4) is 0 Å². The van der Waals surface area contributed by atoms with Gasteiger partial charge in [-0.15, -0.1) is 0 Å². The Kier molecular flexibility index (Phi) is 2.91. The first-order valence-corrected chi connectivity index (χ1v) is 5.17. The van der Waals surface area contributed by atoms with Gasteiger partial charge in [-0.3, -0.25) is 4.79 Å². The van der Waals surface area contributed by atoms with Gasteiger partial charge in [-0.05, 0) is 40.2 Å². The number of anilines is 1. The molecule has 1 amide bonds. The summed E-state index contributed by atoms with van der Waals surface area (Å²) in [6.45, 7) is 0. The second kappa shape index (κ2) is 4.36. The van der Waals surface area contributed by atoms with Crippen LogP contribution in [-0.4, -0.2) is 16.0 Å². The van der Waals surface area contributed by atoms with E-state index in [0.717, 1.165) is 0 Å². The Balaban J connectivity index is 2.17. The van der Waals surface area contributed by atoms with Crippen molar-refractivity contribution in [3.63, 3.8) is 0 Å². The number of hydrogen-bond donors (Lipinski definition) is 2. The van der Waals surface area contributed by atoms with Gasteiger partial charge in [-0.2, -0.15) is 0 Å². The van der Waals surface area contributed by atoms with E-state index < -0.39 is 5.91 Å². The van der Waals surface area contributed by atoms with Gasteiger partial charge in [-0.1, -0.05) is 0 Å². The number of nitrogens with zero attached hydrogens (tertiary/aromatic N) is 1. The molecular weight excluding hydrogens is 276 g/mol. The summed E-state index contributed by atoms with van der Waals surface area (Å²) in [4.78, 5) is 15.4. The molecule has 82 valence electrons. The van der Waals surface area contributed by atoms with Crippen molar-refractivity contribution in [2.24, 2.45) is 0 Å². The van der Waals surface area contributed by atoms with E-state index in [0.29, 0.717) is 4.67 Å². The molecule has 0 aromatic carbocycles. The molecule has 16 heavy (non-hydrogen) atoms. The third kappa shape index (κ3) is 2.22. The number of carbonyl (C=O) groups is 1. The fourth-order valence-corrected chi connectivity index (χ4v) is 1.41. The number of aromatic hydroxyl groups is 1. The first-order chi connectivity index (χ1) is 7.66. The zero-order valence-electron chi connectivity index (χ0n) is 7.98. The minimum atomic E-state index is -0.472. The fraction of sp³-hybridized carbons (Fsp3) is 0. The lowest BCUT2D eigenvalue weighted by Gasteiger charge is -2.03. The SMILES string of the molecule is O=C(Nc1ncccc1O)c1ccc(Br)o1. The summed E-state index contributed by atoms with van der Waals surface area (Å²) in [5.74, 6) is -0.335. The highest BCUT2D eigenvalue weighted by Gasteiger charge is 2.12. The van der Waals surface area contributed by atoms with Crippen molar-refractivity contribution in [2.45, 2.75) is 0 Å². The number of carbonyl (C=O) groups excluding carboxylic acids is 1. The van der Waals surface area contributed by atoms with Gasteiger partial charge < -0.3 is 14.8 Å². The fourth-order valence-electron chi connectivity index (χ4n) is 1.10. The van der Waals surface area contributed by atoms with E-state index in [9.17, 15) is 9.90 Å². The molecule has 0 saturated carbocycles. The lowest BCUT2D eigenvalue weighted by molar-refractivity contribution is 0.0994. The van der Waals surface area contributed by atoms with Gasteiger partial charge in [0.05, 0.1) is 0 Å². The Bertz CT molecular complexity index is 524. The van der Waals surface area contributed by atoms with Gasteiger partial charge in [0.25, 0.3) is 5.91 Å². The second-order valence-electron chi connectivity index (χ2n) is 2.93. The number of amides is 1. The van der Waals surface area contributed by atoms with Crippen LogP contribution < -0.4 is 5.32 Å². The Morgan fingerprint density at radius 1 is 1.44 bits per heavy atom. The normalized spacial score (nSPS) is 10.1. The number of pyridine rings is 1. The smallest absolute Gasteiger partial charge is 0.292 e. The third-order valence-electron chi connectivity index (χ3n) is 1.82. The van der Waals surface area contributed by atoms with Gasteiger partial charge in [0.2, 0.25) is 0 Å². The number of rotatable bonds is 2. The maximum Gasteiger partial charge on any atom is 0.292 e. The monoisotopic (exact) mass is 282 g/mol. The average molecular weight is 283 g/mol. The summed E-state index contributed by atoms with van der Waals surface area (Å²) in [7, 11) is 0. The molecule has 0 aliphatic rings. The van der Waals surface area contributed by atoms with Crippen molar-refractivity contribution in [2.75, 3.05) is 5.32 Å². The summed E-state index contributed by atoms with van der Waals surface area (Å²) in [6.07, 6.45) is 1.47. The molecule has 0 aliphatic heterocycles. The van der Waals surface area contributed by atoms with Crippen LogP contribution in [0.1, 0.15) is 10.6 Å². The van der Waals surface area contributed by atoms with Crippen LogP contribution in [0.25, 0.3) is 0 Å². The van der Waals surface area contributed by atoms with Crippen LogP contribution >= 0.6 is 15.9 Å². The van der Waals surface area contributed by atoms with E-state index >= 15 is 0 Å². The van der Waals surface area contributed by atoms with E-state index in [1.54, 1.807) is 12.1 Å². The van der Waals surface area contributed by atoms with Crippen molar-refractivity contribution >= 4 is 27.7 Å². The average Bonchev–Trinajstić information content (AvgIpc) is 2.68. The molecule has 2 aromatic heterocycles. The Morgan fingerprint density at radius 2 is 2.25 bits per heavy atom.